The zero-order valence-electron chi connectivity index (χ0n) is 9.80. The summed E-state index contributed by atoms with van der Waals surface area (Å²) in [7, 11) is 0. The number of aromatic nitrogens is 4. The topological polar surface area (TPSA) is 72.5 Å². The Hall–Kier alpha value is -2.30. The van der Waals surface area contributed by atoms with Crippen LogP contribution in [0.3, 0.4) is 0 Å². The van der Waals surface area contributed by atoms with Crippen molar-refractivity contribution in [3.63, 3.8) is 0 Å². The van der Waals surface area contributed by atoms with E-state index in [1.165, 1.54) is 12.8 Å². The molecular weight excluding hydrogens is 226 g/mol. The molecule has 0 radical (unpaired) electrons. The molecule has 90 valence electrons. The van der Waals surface area contributed by atoms with Crippen LogP contribution in [0.2, 0.25) is 0 Å². The normalized spacial score (nSPS) is 15.3. The summed E-state index contributed by atoms with van der Waals surface area (Å²) in [5.74, 6) is 1.40. The van der Waals surface area contributed by atoms with Crippen molar-refractivity contribution < 1.29 is 0 Å². The number of aromatic amines is 1. The van der Waals surface area contributed by atoms with Gasteiger partial charge >= 0.3 is 0 Å². The highest BCUT2D eigenvalue weighted by Gasteiger charge is 2.26. The lowest BCUT2D eigenvalue weighted by atomic mass is 10.3. The lowest BCUT2D eigenvalue weighted by Crippen LogP contribution is -1.97. The van der Waals surface area contributed by atoms with Crippen LogP contribution in [-0.2, 0) is 0 Å². The Morgan fingerprint density at radius 3 is 3.00 bits per heavy atom. The number of nitrogens with one attached hydrogen (secondary N) is 1. The third-order valence-electron chi connectivity index (χ3n) is 3.32. The van der Waals surface area contributed by atoms with Gasteiger partial charge in [0.1, 0.15) is 0 Å². The van der Waals surface area contributed by atoms with Crippen molar-refractivity contribution in [2.75, 3.05) is 5.73 Å². The van der Waals surface area contributed by atoms with Gasteiger partial charge in [-0.05, 0) is 37.1 Å². The van der Waals surface area contributed by atoms with Crippen molar-refractivity contribution in [3.05, 3.63) is 36.2 Å². The maximum Gasteiger partial charge on any atom is 0.229 e. The smallest absolute Gasteiger partial charge is 0.229 e. The van der Waals surface area contributed by atoms with Crippen LogP contribution < -0.4 is 5.73 Å². The van der Waals surface area contributed by atoms with E-state index < -0.39 is 0 Å². The molecule has 3 N–H and O–H groups in total. The number of nitrogens with zero attached hydrogens (tertiary/aromatic N) is 3. The van der Waals surface area contributed by atoms with Crippen molar-refractivity contribution in [3.8, 4) is 5.95 Å². The standard InChI is InChI=1S/C13H13N5/c14-9-3-4-11-12(7-9)16-13(15-11)18-6-5-10(17-18)8-1-2-8/h3-8H,1-2,14H2,(H,15,16). The summed E-state index contributed by atoms with van der Waals surface area (Å²) in [6.07, 6.45) is 4.47. The molecule has 0 saturated heterocycles. The number of nitrogens with two attached hydrogens (primary N) is 1. The van der Waals surface area contributed by atoms with Gasteiger partial charge in [-0.15, -0.1) is 0 Å². The largest absolute Gasteiger partial charge is 0.399 e. The first-order valence-corrected chi connectivity index (χ1v) is 6.11. The molecule has 5 nitrogen and oxygen atoms in total. The van der Waals surface area contributed by atoms with Crippen molar-refractivity contribution >= 4 is 16.7 Å². The second-order valence-electron chi connectivity index (χ2n) is 4.80. The molecule has 1 aliphatic rings. The fourth-order valence-corrected chi connectivity index (χ4v) is 2.18. The minimum atomic E-state index is 0.659. The first-order valence-electron chi connectivity index (χ1n) is 6.11. The Balaban J connectivity index is 1.80. The molecular formula is C13H13N5. The number of imidazole rings is 1. The highest BCUT2D eigenvalue weighted by Crippen LogP contribution is 2.38. The third-order valence-corrected chi connectivity index (χ3v) is 3.32. The predicted octanol–water partition coefficient (Wildman–Crippen LogP) is 2.21. The predicted molar refractivity (Wildman–Crippen MR) is 69.6 cm³/mol. The Kier molecular flexibility index (Phi) is 1.81. The molecule has 3 aromatic rings. The number of benzene rings is 1. The number of H-pyrrole nitrogens is 1. The van der Waals surface area contributed by atoms with E-state index in [0.717, 1.165) is 28.4 Å². The maximum absolute atomic E-state index is 5.75. The molecule has 5 heteroatoms. The zero-order chi connectivity index (χ0) is 12.1. The summed E-state index contributed by atoms with van der Waals surface area (Å²) >= 11 is 0. The fourth-order valence-electron chi connectivity index (χ4n) is 2.18. The Morgan fingerprint density at radius 2 is 2.17 bits per heavy atom. The summed E-state index contributed by atoms with van der Waals surface area (Å²) in [5, 5.41) is 4.55. The average molecular weight is 239 g/mol. The highest BCUT2D eigenvalue weighted by molar-refractivity contribution is 5.79. The second kappa shape index (κ2) is 3.35. The van der Waals surface area contributed by atoms with E-state index in [1.807, 2.05) is 24.4 Å². The lowest BCUT2D eigenvalue weighted by Gasteiger charge is -1.93. The van der Waals surface area contributed by atoms with Crippen LogP contribution in [-0.4, -0.2) is 19.7 Å². The van der Waals surface area contributed by atoms with Crippen LogP contribution in [0.25, 0.3) is 17.0 Å². The number of hydrogen-bond acceptors (Lipinski definition) is 3. The second-order valence-corrected chi connectivity index (χ2v) is 4.80. The molecule has 1 saturated carbocycles. The van der Waals surface area contributed by atoms with Crippen molar-refractivity contribution in [1.82, 2.24) is 19.7 Å². The fraction of sp³-hybridized carbons (Fsp3) is 0.231. The molecule has 1 fully saturated rings. The molecule has 4 rings (SSSR count). The Labute approximate surface area is 104 Å². The summed E-state index contributed by atoms with van der Waals surface area (Å²) in [5.41, 5.74) is 9.49. The molecule has 0 spiro atoms. The van der Waals surface area contributed by atoms with Crippen molar-refractivity contribution in [2.45, 2.75) is 18.8 Å². The SMILES string of the molecule is Nc1ccc2nc(-n3ccc(C4CC4)n3)[nH]c2c1. The third kappa shape index (κ3) is 1.48. The first-order chi connectivity index (χ1) is 8.79. The molecule has 2 aromatic heterocycles. The van der Waals surface area contributed by atoms with E-state index in [9.17, 15) is 0 Å². The molecule has 2 heterocycles. The molecule has 0 atom stereocenters. The van der Waals surface area contributed by atoms with Crippen LogP contribution in [0.1, 0.15) is 24.5 Å². The van der Waals surface area contributed by atoms with E-state index >= 15 is 0 Å². The van der Waals surface area contributed by atoms with Crippen molar-refractivity contribution in [2.24, 2.45) is 0 Å². The number of anilines is 1. The van der Waals surface area contributed by atoms with Gasteiger partial charge in [0, 0.05) is 17.8 Å². The molecule has 18 heavy (non-hydrogen) atoms. The maximum atomic E-state index is 5.75. The number of hydrogen-bond donors (Lipinski definition) is 2. The Bertz CT molecular complexity index is 720. The van der Waals surface area contributed by atoms with Crippen LogP contribution in [0.4, 0.5) is 5.69 Å². The van der Waals surface area contributed by atoms with E-state index in [4.69, 9.17) is 5.73 Å². The molecule has 0 bridgehead atoms. The van der Waals surface area contributed by atoms with Crippen LogP contribution in [0.5, 0.6) is 0 Å². The molecule has 0 aliphatic heterocycles. The van der Waals surface area contributed by atoms with E-state index in [-0.39, 0.29) is 0 Å². The van der Waals surface area contributed by atoms with Crippen LogP contribution >= 0.6 is 0 Å². The highest BCUT2D eigenvalue weighted by atomic mass is 15.3. The van der Waals surface area contributed by atoms with Gasteiger partial charge in [0.15, 0.2) is 0 Å². The molecule has 0 unspecified atom stereocenters. The van der Waals surface area contributed by atoms with E-state index in [1.54, 1.807) is 4.68 Å². The zero-order valence-corrected chi connectivity index (χ0v) is 9.80. The molecule has 0 amide bonds. The molecule has 1 aromatic carbocycles. The van der Waals surface area contributed by atoms with Crippen LogP contribution in [0.15, 0.2) is 30.5 Å². The lowest BCUT2D eigenvalue weighted by molar-refractivity contribution is 0.798. The molecule has 1 aliphatic carbocycles. The number of fused-ring (bicyclic) bond motifs is 1. The monoisotopic (exact) mass is 239 g/mol. The number of rotatable bonds is 2. The van der Waals surface area contributed by atoms with Gasteiger partial charge in [-0.25, -0.2) is 9.67 Å². The summed E-state index contributed by atoms with van der Waals surface area (Å²) < 4.78 is 1.80. The minimum absolute atomic E-state index is 0.659. The van der Waals surface area contributed by atoms with Gasteiger partial charge < -0.3 is 10.7 Å². The number of nitrogen functional groups attached to an aromatic ring is 1. The summed E-state index contributed by atoms with van der Waals surface area (Å²) in [6.45, 7) is 0. The van der Waals surface area contributed by atoms with Gasteiger partial charge in [0.05, 0.1) is 16.7 Å². The first kappa shape index (κ1) is 9.70. The Morgan fingerprint density at radius 1 is 1.28 bits per heavy atom. The summed E-state index contributed by atoms with van der Waals surface area (Å²) in [4.78, 5) is 7.74. The quantitative estimate of drug-likeness (QED) is 0.673. The summed E-state index contributed by atoms with van der Waals surface area (Å²) in [6, 6.07) is 7.72. The van der Waals surface area contributed by atoms with E-state index in [2.05, 4.69) is 21.1 Å². The van der Waals surface area contributed by atoms with Gasteiger partial charge in [-0.3, -0.25) is 0 Å². The van der Waals surface area contributed by atoms with Gasteiger partial charge in [0.25, 0.3) is 0 Å². The van der Waals surface area contributed by atoms with Gasteiger partial charge in [-0.1, -0.05) is 0 Å². The van der Waals surface area contributed by atoms with E-state index in [0.29, 0.717) is 5.92 Å². The van der Waals surface area contributed by atoms with Crippen molar-refractivity contribution in [1.29, 1.82) is 0 Å². The minimum Gasteiger partial charge on any atom is -0.399 e. The van der Waals surface area contributed by atoms with Gasteiger partial charge in [-0.2, -0.15) is 5.10 Å². The van der Waals surface area contributed by atoms with Gasteiger partial charge in [0.2, 0.25) is 5.95 Å². The average Bonchev–Trinajstić information content (AvgIpc) is 2.95. The van der Waals surface area contributed by atoms with Crippen LogP contribution in [0, 0.1) is 0 Å².